The third-order valence-electron chi connectivity index (χ3n) is 2.69. The van der Waals surface area contributed by atoms with Gasteiger partial charge in [-0.05, 0) is 34.7 Å². The minimum absolute atomic E-state index is 0.583. The summed E-state index contributed by atoms with van der Waals surface area (Å²) < 4.78 is 1.59. The van der Waals surface area contributed by atoms with E-state index in [9.17, 15) is 0 Å². The number of benzene rings is 2. The number of hydrogen-bond donors (Lipinski definition) is 1. The Bertz CT molecular complexity index is 722. The van der Waals surface area contributed by atoms with Crippen LogP contribution in [0.3, 0.4) is 0 Å². The number of anilines is 1. The third-order valence-corrected chi connectivity index (χ3v) is 3.01. The fourth-order valence-corrected chi connectivity index (χ4v) is 2.05. The molecule has 0 amide bonds. The summed E-state index contributed by atoms with van der Waals surface area (Å²) in [5.74, 6) is 0.598. The number of hydrogen-bond acceptors (Lipinski definition) is 4. The quantitative estimate of drug-likeness (QED) is 0.727. The Morgan fingerprint density at radius 3 is 2.68 bits per heavy atom. The second-order valence-corrected chi connectivity index (χ2v) is 4.40. The first kappa shape index (κ1) is 11.7. The Kier molecular flexibility index (Phi) is 2.89. The Balaban J connectivity index is 2.16. The van der Waals surface area contributed by atoms with Gasteiger partial charge in [0.25, 0.3) is 0 Å². The van der Waals surface area contributed by atoms with E-state index >= 15 is 0 Å². The largest absolute Gasteiger partial charge is 0.399 e. The average molecular weight is 272 g/mol. The molecule has 3 rings (SSSR count). The second kappa shape index (κ2) is 4.70. The SMILES string of the molecule is Nc1cccc(-c2nnnn2-c2ccccc2Cl)c1. The van der Waals surface area contributed by atoms with E-state index in [4.69, 9.17) is 17.3 Å². The van der Waals surface area contributed by atoms with Crippen LogP contribution in [-0.4, -0.2) is 20.2 Å². The third kappa shape index (κ3) is 2.15. The van der Waals surface area contributed by atoms with E-state index in [0.717, 1.165) is 11.3 Å². The molecule has 0 atom stereocenters. The van der Waals surface area contributed by atoms with Gasteiger partial charge >= 0.3 is 0 Å². The van der Waals surface area contributed by atoms with Gasteiger partial charge in [0.15, 0.2) is 5.82 Å². The Morgan fingerprint density at radius 1 is 1.05 bits per heavy atom. The van der Waals surface area contributed by atoms with Gasteiger partial charge in [0, 0.05) is 11.3 Å². The zero-order chi connectivity index (χ0) is 13.2. The van der Waals surface area contributed by atoms with Crippen LogP contribution in [0, 0.1) is 0 Å². The van der Waals surface area contributed by atoms with Crippen molar-refractivity contribution in [3.8, 4) is 17.1 Å². The predicted octanol–water partition coefficient (Wildman–Crippen LogP) is 2.56. The van der Waals surface area contributed by atoms with Gasteiger partial charge in [-0.25, -0.2) is 0 Å². The first-order valence-corrected chi connectivity index (χ1v) is 6.03. The van der Waals surface area contributed by atoms with Gasteiger partial charge in [0.2, 0.25) is 0 Å². The lowest BCUT2D eigenvalue weighted by molar-refractivity contribution is 0.791. The van der Waals surface area contributed by atoms with E-state index in [-0.39, 0.29) is 0 Å². The number of nitrogens with zero attached hydrogens (tertiary/aromatic N) is 4. The summed E-state index contributed by atoms with van der Waals surface area (Å²) in [5.41, 5.74) is 8.00. The minimum Gasteiger partial charge on any atom is -0.399 e. The van der Waals surface area contributed by atoms with Crippen LogP contribution < -0.4 is 5.73 Å². The maximum atomic E-state index is 6.17. The summed E-state index contributed by atoms with van der Waals surface area (Å²) in [6.45, 7) is 0. The van der Waals surface area contributed by atoms with Gasteiger partial charge in [-0.2, -0.15) is 4.68 Å². The molecule has 0 aliphatic heterocycles. The number of aromatic nitrogens is 4. The van der Waals surface area contributed by atoms with E-state index in [0.29, 0.717) is 16.5 Å². The molecule has 6 heteroatoms. The van der Waals surface area contributed by atoms with Crippen molar-refractivity contribution in [2.75, 3.05) is 5.73 Å². The second-order valence-electron chi connectivity index (χ2n) is 3.99. The fraction of sp³-hybridized carbons (Fsp3) is 0. The van der Waals surface area contributed by atoms with Crippen LogP contribution in [0.4, 0.5) is 5.69 Å². The Morgan fingerprint density at radius 2 is 1.89 bits per heavy atom. The highest BCUT2D eigenvalue weighted by Gasteiger charge is 2.12. The highest BCUT2D eigenvalue weighted by atomic mass is 35.5. The van der Waals surface area contributed by atoms with Crippen LogP contribution in [0.5, 0.6) is 0 Å². The molecular formula is C13H10ClN5. The van der Waals surface area contributed by atoms with Crippen LogP contribution in [0.15, 0.2) is 48.5 Å². The standard InChI is InChI=1S/C13H10ClN5/c14-11-6-1-2-7-12(11)19-13(16-17-18-19)9-4-3-5-10(15)8-9/h1-8H,15H2. The maximum Gasteiger partial charge on any atom is 0.187 e. The molecule has 2 N–H and O–H groups in total. The zero-order valence-electron chi connectivity index (χ0n) is 9.86. The van der Waals surface area contributed by atoms with Gasteiger partial charge in [-0.3, -0.25) is 0 Å². The normalized spacial score (nSPS) is 10.6. The van der Waals surface area contributed by atoms with Crippen molar-refractivity contribution >= 4 is 17.3 Å². The number of nitrogen functional groups attached to an aromatic ring is 1. The first-order chi connectivity index (χ1) is 9.25. The van der Waals surface area contributed by atoms with E-state index in [1.807, 2.05) is 42.5 Å². The minimum atomic E-state index is 0.583. The molecule has 19 heavy (non-hydrogen) atoms. The van der Waals surface area contributed by atoms with E-state index < -0.39 is 0 Å². The number of halogens is 1. The van der Waals surface area contributed by atoms with Gasteiger partial charge in [0.1, 0.15) is 0 Å². The molecule has 0 bridgehead atoms. The summed E-state index contributed by atoms with van der Waals surface area (Å²) in [4.78, 5) is 0. The maximum absolute atomic E-state index is 6.17. The topological polar surface area (TPSA) is 69.6 Å². The van der Waals surface area contributed by atoms with Crippen molar-refractivity contribution in [1.82, 2.24) is 20.2 Å². The number of tetrazole rings is 1. The molecule has 5 nitrogen and oxygen atoms in total. The molecule has 0 aliphatic rings. The van der Waals surface area contributed by atoms with Crippen molar-refractivity contribution in [2.24, 2.45) is 0 Å². The smallest absolute Gasteiger partial charge is 0.187 e. The highest BCUT2D eigenvalue weighted by Crippen LogP contribution is 2.25. The first-order valence-electron chi connectivity index (χ1n) is 5.65. The van der Waals surface area contributed by atoms with Crippen molar-refractivity contribution in [2.45, 2.75) is 0 Å². The number of rotatable bonds is 2. The Hall–Kier alpha value is -2.40. The van der Waals surface area contributed by atoms with Crippen LogP contribution >= 0.6 is 11.6 Å². The summed E-state index contributed by atoms with van der Waals surface area (Å²) in [5, 5.41) is 12.3. The van der Waals surface area contributed by atoms with Gasteiger partial charge in [-0.15, -0.1) is 5.10 Å². The lowest BCUT2D eigenvalue weighted by Crippen LogP contribution is -2.00. The van der Waals surface area contributed by atoms with Crippen molar-refractivity contribution in [3.05, 3.63) is 53.6 Å². The van der Waals surface area contributed by atoms with Gasteiger partial charge < -0.3 is 5.73 Å². The molecule has 0 aliphatic carbocycles. The highest BCUT2D eigenvalue weighted by molar-refractivity contribution is 6.32. The van der Waals surface area contributed by atoms with E-state index in [1.54, 1.807) is 10.7 Å². The molecule has 0 saturated carbocycles. The molecule has 0 radical (unpaired) electrons. The zero-order valence-corrected chi connectivity index (χ0v) is 10.6. The molecule has 94 valence electrons. The molecule has 1 aromatic heterocycles. The molecular weight excluding hydrogens is 262 g/mol. The molecule has 2 aromatic carbocycles. The molecule has 0 fully saturated rings. The van der Waals surface area contributed by atoms with E-state index in [2.05, 4.69) is 15.5 Å². The van der Waals surface area contributed by atoms with Gasteiger partial charge in [-0.1, -0.05) is 35.9 Å². The summed E-state index contributed by atoms with van der Waals surface area (Å²) in [6, 6.07) is 14.8. The average Bonchev–Trinajstić information content (AvgIpc) is 2.88. The van der Waals surface area contributed by atoms with Crippen LogP contribution in [-0.2, 0) is 0 Å². The lowest BCUT2D eigenvalue weighted by Gasteiger charge is -2.06. The fourth-order valence-electron chi connectivity index (χ4n) is 1.83. The summed E-state index contributed by atoms with van der Waals surface area (Å²) in [6.07, 6.45) is 0. The molecule has 0 unspecified atom stereocenters. The summed E-state index contributed by atoms with van der Waals surface area (Å²) in [7, 11) is 0. The summed E-state index contributed by atoms with van der Waals surface area (Å²) >= 11 is 6.17. The van der Waals surface area contributed by atoms with Crippen LogP contribution in [0.2, 0.25) is 5.02 Å². The van der Waals surface area contributed by atoms with Crippen LogP contribution in [0.1, 0.15) is 0 Å². The molecule has 3 aromatic rings. The monoisotopic (exact) mass is 271 g/mol. The molecule has 1 heterocycles. The number of nitrogens with two attached hydrogens (primary N) is 1. The van der Waals surface area contributed by atoms with Crippen molar-refractivity contribution < 1.29 is 0 Å². The molecule has 0 saturated heterocycles. The van der Waals surface area contributed by atoms with Crippen molar-refractivity contribution in [1.29, 1.82) is 0 Å². The van der Waals surface area contributed by atoms with Gasteiger partial charge in [0.05, 0.1) is 10.7 Å². The number of para-hydroxylation sites is 1. The Labute approximate surface area is 114 Å². The lowest BCUT2D eigenvalue weighted by atomic mass is 10.2. The van der Waals surface area contributed by atoms with Crippen molar-refractivity contribution in [3.63, 3.8) is 0 Å². The molecule has 0 spiro atoms. The van der Waals surface area contributed by atoms with Crippen LogP contribution in [0.25, 0.3) is 17.1 Å². The van der Waals surface area contributed by atoms with E-state index in [1.165, 1.54) is 0 Å². The predicted molar refractivity (Wildman–Crippen MR) is 74.0 cm³/mol.